The normalized spacial score (nSPS) is 11.7. The van der Waals surface area contributed by atoms with E-state index < -0.39 is 9.84 Å². The van der Waals surface area contributed by atoms with Gasteiger partial charge >= 0.3 is 0 Å². The molecule has 2 aromatic carbocycles. The van der Waals surface area contributed by atoms with Gasteiger partial charge in [0, 0.05) is 18.2 Å². The lowest BCUT2D eigenvalue weighted by atomic mass is 10.1. The summed E-state index contributed by atoms with van der Waals surface area (Å²) >= 11 is 0. The van der Waals surface area contributed by atoms with Gasteiger partial charge in [0.15, 0.2) is 21.3 Å². The van der Waals surface area contributed by atoms with Gasteiger partial charge in [-0.3, -0.25) is 4.79 Å². The molecule has 144 valence electrons. The zero-order chi connectivity index (χ0) is 19.9. The Morgan fingerprint density at radius 2 is 1.70 bits per heavy atom. The number of carbonyl (C=O) groups excluding carboxylic acids is 1. The van der Waals surface area contributed by atoms with Crippen LogP contribution in [0.1, 0.15) is 12.5 Å². The van der Waals surface area contributed by atoms with Crippen molar-refractivity contribution in [2.24, 2.45) is 0 Å². The Kier molecular flexibility index (Phi) is 7.01. The standard InChI is InChI=1S/C20H23NO5S/c1-15(13-16-7-5-4-6-8-16)20(22)21-11-12-27(23,24)17-9-10-18(25-2)19(14-17)26-3/h4-10,13-14H,11-12H2,1-3H3,(H,21,22)/b15-13+. The number of nitrogens with one attached hydrogen (secondary N) is 1. The van der Waals surface area contributed by atoms with Gasteiger partial charge in [-0.05, 0) is 30.7 Å². The van der Waals surface area contributed by atoms with Crippen molar-refractivity contribution in [1.29, 1.82) is 0 Å². The molecule has 0 saturated heterocycles. The Hall–Kier alpha value is -2.80. The summed E-state index contributed by atoms with van der Waals surface area (Å²) in [5.74, 6) is 0.268. The molecule has 0 unspecified atom stereocenters. The second-order valence-electron chi connectivity index (χ2n) is 5.83. The van der Waals surface area contributed by atoms with Crippen LogP contribution in [-0.4, -0.2) is 40.8 Å². The van der Waals surface area contributed by atoms with Crippen LogP contribution in [0, 0.1) is 0 Å². The van der Waals surface area contributed by atoms with Crippen molar-refractivity contribution >= 4 is 21.8 Å². The Balaban J connectivity index is 1.99. The number of benzene rings is 2. The predicted molar refractivity (Wildman–Crippen MR) is 105 cm³/mol. The first kappa shape index (κ1) is 20.5. The van der Waals surface area contributed by atoms with Crippen molar-refractivity contribution in [3.05, 3.63) is 59.7 Å². The van der Waals surface area contributed by atoms with Crippen molar-refractivity contribution in [1.82, 2.24) is 5.32 Å². The molecule has 0 aliphatic heterocycles. The van der Waals surface area contributed by atoms with Gasteiger partial charge in [0.2, 0.25) is 5.91 Å². The van der Waals surface area contributed by atoms with E-state index in [0.29, 0.717) is 17.1 Å². The molecular formula is C20H23NO5S. The number of ether oxygens (including phenoxy) is 2. The van der Waals surface area contributed by atoms with E-state index in [0.717, 1.165) is 5.56 Å². The number of hydrogen-bond donors (Lipinski definition) is 1. The lowest BCUT2D eigenvalue weighted by Crippen LogP contribution is -2.29. The molecule has 0 bridgehead atoms. The van der Waals surface area contributed by atoms with Crippen molar-refractivity contribution in [3.8, 4) is 11.5 Å². The summed E-state index contributed by atoms with van der Waals surface area (Å²) in [6.45, 7) is 1.70. The number of sulfone groups is 1. The maximum atomic E-state index is 12.5. The fraction of sp³-hybridized carbons (Fsp3) is 0.250. The quantitative estimate of drug-likeness (QED) is 0.702. The molecule has 1 N–H and O–H groups in total. The van der Waals surface area contributed by atoms with Crippen molar-refractivity contribution < 1.29 is 22.7 Å². The molecule has 2 rings (SSSR count). The van der Waals surface area contributed by atoms with Gasteiger partial charge in [-0.25, -0.2) is 8.42 Å². The zero-order valence-electron chi connectivity index (χ0n) is 15.6. The van der Waals surface area contributed by atoms with E-state index in [2.05, 4.69) is 5.32 Å². The van der Waals surface area contributed by atoms with E-state index in [1.807, 2.05) is 30.3 Å². The van der Waals surface area contributed by atoms with Gasteiger partial charge in [-0.1, -0.05) is 30.3 Å². The van der Waals surface area contributed by atoms with E-state index in [9.17, 15) is 13.2 Å². The van der Waals surface area contributed by atoms with Gasteiger partial charge in [-0.15, -0.1) is 0 Å². The molecule has 7 heteroatoms. The number of methoxy groups -OCH3 is 2. The number of carbonyl (C=O) groups is 1. The molecule has 0 aliphatic carbocycles. The van der Waals surface area contributed by atoms with E-state index in [1.165, 1.54) is 32.4 Å². The largest absolute Gasteiger partial charge is 0.493 e. The number of hydrogen-bond acceptors (Lipinski definition) is 5. The van der Waals surface area contributed by atoms with E-state index >= 15 is 0 Å². The average Bonchev–Trinajstić information content (AvgIpc) is 2.67. The summed E-state index contributed by atoms with van der Waals surface area (Å²) in [7, 11) is -0.648. The maximum absolute atomic E-state index is 12.5. The molecule has 0 fully saturated rings. The van der Waals surface area contributed by atoms with Crippen LogP contribution in [0.25, 0.3) is 6.08 Å². The maximum Gasteiger partial charge on any atom is 0.246 e. The summed E-state index contributed by atoms with van der Waals surface area (Å²) in [6, 6.07) is 13.8. The van der Waals surface area contributed by atoms with Gasteiger partial charge in [0.1, 0.15) is 0 Å². The minimum absolute atomic E-state index is 0.00941. The topological polar surface area (TPSA) is 81.7 Å². The van der Waals surface area contributed by atoms with Crippen LogP contribution in [0.3, 0.4) is 0 Å². The Labute approximate surface area is 159 Å². The molecule has 0 heterocycles. The lowest BCUT2D eigenvalue weighted by molar-refractivity contribution is -0.117. The molecule has 27 heavy (non-hydrogen) atoms. The SMILES string of the molecule is COc1ccc(S(=O)(=O)CCNC(=O)/C(C)=C/c2ccccc2)cc1OC. The molecule has 0 spiro atoms. The summed E-state index contributed by atoms with van der Waals surface area (Å²) in [5, 5.41) is 2.64. The summed E-state index contributed by atoms with van der Waals surface area (Å²) in [4.78, 5) is 12.3. The van der Waals surface area contributed by atoms with E-state index in [4.69, 9.17) is 9.47 Å². The van der Waals surface area contributed by atoms with Crippen molar-refractivity contribution in [2.75, 3.05) is 26.5 Å². The molecule has 2 aromatic rings. The minimum atomic E-state index is -3.57. The third-order valence-electron chi connectivity index (χ3n) is 3.91. The molecule has 0 aliphatic rings. The van der Waals surface area contributed by atoms with Crippen LogP contribution in [-0.2, 0) is 14.6 Å². The van der Waals surface area contributed by atoms with Gasteiger partial charge in [-0.2, -0.15) is 0 Å². The van der Waals surface area contributed by atoms with Gasteiger partial charge < -0.3 is 14.8 Å². The third-order valence-corrected chi connectivity index (χ3v) is 5.63. The van der Waals surface area contributed by atoms with Crippen LogP contribution in [0.5, 0.6) is 11.5 Å². The van der Waals surface area contributed by atoms with Crippen molar-refractivity contribution in [3.63, 3.8) is 0 Å². The van der Waals surface area contributed by atoms with Crippen molar-refractivity contribution in [2.45, 2.75) is 11.8 Å². The van der Waals surface area contributed by atoms with Crippen LogP contribution in [0.15, 0.2) is 59.0 Å². The Morgan fingerprint density at radius 3 is 2.33 bits per heavy atom. The Bertz CT molecular complexity index is 921. The summed E-state index contributed by atoms with van der Waals surface area (Å²) in [6.07, 6.45) is 1.75. The van der Waals surface area contributed by atoms with Gasteiger partial charge in [0.05, 0.1) is 24.9 Å². The molecule has 0 aromatic heterocycles. The first-order valence-electron chi connectivity index (χ1n) is 8.33. The monoisotopic (exact) mass is 389 g/mol. The minimum Gasteiger partial charge on any atom is -0.493 e. The van der Waals surface area contributed by atoms with Crippen LogP contribution in [0.4, 0.5) is 0 Å². The highest BCUT2D eigenvalue weighted by atomic mass is 32.2. The third kappa shape index (κ3) is 5.59. The molecule has 1 amide bonds. The summed E-state index contributed by atoms with van der Waals surface area (Å²) < 4.78 is 35.2. The molecule has 0 atom stereocenters. The van der Waals surface area contributed by atoms with Crippen LogP contribution < -0.4 is 14.8 Å². The lowest BCUT2D eigenvalue weighted by Gasteiger charge is -2.11. The number of rotatable bonds is 8. The van der Waals surface area contributed by atoms with E-state index in [-0.39, 0.29) is 23.1 Å². The first-order chi connectivity index (χ1) is 12.9. The highest BCUT2D eigenvalue weighted by molar-refractivity contribution is 7.91. The second-order valence-corrected chi connectivity index (χ2v) is 7.94. The van der Waals surface area contributed by atoms with Gasteiger partial charge in [0.25, 0.3) is 0 Å². The smallest absolute Gasteiger partial charge is 0.246 e. The second kappa shape index (κ2) is 9.23. The zero-order valence-corrected chi connectivity index (χ0v) is 16.4. The molecule has 0 saturated carbocycles. The highest BCUT2D eigenvalue weighted by Crippen LogP contribution is 2.29. The average molecular weight is 389 g/mol. The Morgan fingerprint density at radius 1 is 1.04 bits per heavy atom. The van der Waals surface area contributed by atoms with Crippen LogP contribution in [0.2, 0.25) is 0 Å². The molecule has 6 nitrogen and oxygen atoms in total. The first-order valence-corrected chi connectivity index (χ1v) is 9.99. The predicted octanol–water partition coefficient (Wildman–Crippen LogP) is 2.70. The molecular weight excluding hydrogens is 366 g/mol. The number of amides is 1. The van der Waals surface area contributed by atoms with E-state index in [1.54, 1.807) is 13.0 Å². The fourth-order valence-electron chi connectivity index (χ4n) is 2.43. The highest BCUT2D eigenvalue weighted by Gasteiger charge is 2.17. The van der Waals surface area contributed by atoms with Crippen LogP contribution >= 0.6 is 0 Å². The fourth-order valence-corrected chi connectivity index (χ4v) is 3.60. The summed E-state index contributed by atoms with van der Waals surface area (Å²) in [5.41, 5.74) is 1.41. The molecule has 0 radical (unpaired) electrons.